The van der Waals surface area contributed by atoms with Gasteiger partial charge in [0.2, 0.25) is 0 Å². The molecule has 0 bridgehead atoms. The molecule has 0 aromatic heterocycles. The van der Waals surface area contributed by atoms with E-state index in [0.29, 0.717) is 0 Å². The molecule has 0 aliphatic carbocycles. The fourth-order valence-corrected chi connectivity index (χ4v) is 8.62. The average Bonchev–Trinajstić information content (AvgIpc) is 2.75. The molecule has 0 N–H and O–H groups in total. The van der Waals surface area contributed by atoms with Gasteiger partial charge in [-0.1, -0.05) is 0 Å². The molecule has 0 heterocycles. The van der Waals surface area contributed by atoms with E-state index in [1.165, 1.54) is 21.5 Å². The van der Waals surface area contributed by atoms with Crippen molar-refractivity contribution in [3.05, 3.63) is 127 Å². The zero-order valence-electron chi connectivity index (χ0n) is 14.8. The van der Waals surface area contributed by atoms with Crippen molar-refractivity contribution in [2.75, 3.05) is 0 Å². The van der Waals surface area contributed by atoms with Crippen LogP contribution in [0.4, 0.5) is 0 Å². The van der Waals surface area contributed by atoms with E-state index in [2.05, 4.69) is 121 Å². The molecule has 0 aliphatic heterocycles. The second-order valence-electron chi connectivity index (χ2n) is 6.67. The maximum absolute atomic E-state index is 2.31. The minimum atomic E-state index is -2.16. The Morgan fingerprint density at radius 1 is 0.385 bits per heavy atom. The summed E-state index contributed by atoms with van der Waals surface area (Å²) < 4.78 is 0. The number of hydrogen-bond acceptors (Lipinski definition) is 0. The third kappa shape index (κ3) is 3.21. The van der Waals surface area contributed by atoms with Crippen LogP contribution in [-0.4, -0.2) is 0 Å². The molecule has 0 unspecified atom stereocenters. The molecule has 128 valence electrons. The van der Waals surface area contributed by atoms with E-state index in [1.54, 1.807) is 0 Å². The summed E-state index contributed by atoms with van der Waals surface area (Å²) in [6.07, 6.45) is 1.06. The third-order valence-electron chi connectivity index (χ3n) is 5.11. The van der Waals surface area contributed by atoms with Gasteiger partial charge >= 0.3 is 156 Å². The first kappa shape index (κ1) is 16.8. The van der Waals surface area contributed by atoms with Crippen LogP contribution in [0, 0.1) is 0 Å². The Morgan fingerprint density at radius 2 is 0.692 bits per heavy atom. The number of rotatable bonds is 5. The molecule has 1 heteroatoms. The zero-order valence-corrected chi connectivity index (χ0v) is 15.8. The van der Waals surface area contributed by atoms with E-state index in [-0.39, 0.29) is 0 Å². The van der Waals surface area contributed by atoms with Crippen molar-refractivity contribution in [2.24, 2.45) is 0 Å². The third-order valence-corrected chi connectivity index (χ3v) is 10.0. The summed E-state index contributed by atoms with van der Waals surface area (Å²) in [5.41, 5.74) is 1.40. The Balaban J connectivity index is 2.00. The van der Waals surface area contributed by atoms with Crippen LogP contribution in [0.3, 0.4) is 0 Å². The van der Waals surface area contributed by atoms with Crippen molar-refractivity contribution in [3.63, 3.8) is 0 Å². The molecule has 0 nitrogen and oxygen atoms in total. The fourth-order valence-electron chi connectivity index (χ4n) is 3.88. The van der Waals surface area contributed by atoms with Gasteiger partial charge in [0.1, 0.15) is 0 Å². The van der Waals surface area contributed by atoms with E-state index >= 15 is 0 Å². The van der Waals surface area contributed by atoms with Crippen LogP contribution in [0.5, 0.6) is 0 Å². The Hall–Kier alpha value is -2.69. The summed E-state index contributed by atoms with van der Waals surface area (Å²) in [5.74, 6) is 0. The van der Waals surface area contributed by atoms with Crippen LogP contribution in [-0.2, 0) is 6.16 Å². The average molecular weight is 354 g/mol. The van der Waals surface area contributed by atoms with Gasteiger partial charge in [-0.25, -0.2) is 0 Å². The molecule has 0 radical (unpaired) electrons. The monoisotopic (exact) mass is 354 g/mol. The van der Waals surface area contributed by atoms with Gasteiger partial charge in [0, 0.05) is 0 Å². The summed E-state index contributed by atoms with van der Waals surface area (Å²) in [5, 5.41) is 4.38. The van der Waals surface area contributed by atoms with E-state index in [9.17, 15) is 0 Å². The van der Waals surface area contributed by atoms with E-state index in [1.807, 2.05) is 0 Å². The van der Waals surface area contributed by atoms with Gasteiger partial charge in [0.15, 0.2) is 0 Å². The van der Waals surface area contributed by atoms with E-state index in [4.69, 9.17) is 0 Å². The van der Waals surface area contributed by atoms with Crippen molar-refractivity contribution >= 4 is 23.2 Å². The summed E-state index contributed by atoms with van der Waals surface area (Å²) in [6, 6.07) is 44.2. The Morgan fingerprint density at radius 3 is 1.04 bits per heavy atom. The van der Waals surface area contributed by atoms with E-state index < -0.39 is 7.26 Å². The van der Waals surface area contributed by atoms with Crippen molar-refractivity contribution in [1.29, 1.82) is 0 Å². The van der Waals surface area contributed by atoms with Crippen LogP contribution in [0.25, 0.3) is 0 Å². The van der Waals surface area contributed by atoms with Gasteiger partial charge in [-0.05, 0) is 0 Å². The molecule has 0 amide bonds. The topological polar surface area (TPSA) is 0 Å². The second-order valence-corrected chi connectivity index (χ2v) is 10.6. The molecule has 4 aromatic rings. The first-order valence-electron chi connectivity index (χ1n) is 9.10. The van der Waals surface area contributed by atoms with Crippen LogP contribution < -0.4 is 15.9 Å². The van der Waals surface area contributed by atoms with Crippen LogP contribution >= 0.6 is 7.26 Å². The quantitative estimate of drug-likeness (QED) is 0.447. The fraction of sp³-hybridized carbons (Fsp3) is 0.0400. The molecule has 0 aliphatic rings. The molecule has 0 spiro atoms. The van der Waals surface area contributed by atoms with Crippen molar-refractivity contribution in [3.8, 4) is 0 Å². The summed E-state index contributed by atoms with van der Waals surface area (Å²) in [6.45, 7) is 0. The van der Waals surface area contributed by atoms with Crippen molar-refractivity contribution in [2.45, 2.75) is 6.16 Å². The molecular weight excluding hydrogens is 331 g/mol. The molecule has 4 aromatic carbocycles. The molecule has 0 saturated carbocycles. The predicted molar refractivity (Wildman–Crippen MR) is 117 cm³/mol. The van der Waals surface area contributed by atoms with Crippen molar-refractivity contribution in [1.82, 2.24) is 0 Å². The van der Waals surface area contributed by atoms with Crippen LogP contribution in [0.1, 0.15) is 5.56 Å². The summed E-state index contributed by atoms with van der Waals surface area (Å²) in [4.78, 5) is 0. The first-order valence-corrected chi connectivity index (χ1v) is 11.3. The SMILES string of the molecule is c1ccc(C[PH](c2ccccc2)(c2ccccc2)c2ccccc2)cc1. The normalized spacial score (nSPS) is 11.8. The van der Waals surface area contributed by atoms with Gasteiger partial charge < -0.3 is 0 Å². The molecule has 0 saturated heterocycles. The Kier molecular flexibility index (Phi) is 4.95. The van der Waals surface area contributed by atoms with Gasteiger partial charge in [-0.2, -0.15) is 0 Å². The Bertz CT molecular complexity index is 836. The van der Waals surface area contributed by atoms with Gasteiger partial charge in [-0.3, -0.25) is 0 Å². The van der Waals surface area contributed by atoms with Crippen molar-refractivity contribution < 1.29 is 0 Å². The van der Waals surface area contributed by atoms with Gasteiger partial charge in [0.25, 0.3) is 0 Å². The summed E-state index contributed by atoms with van der Waals surface area (Å²) >= 11 is 0. The predicted octanol–water partition coefficient (Wildman–Crippen LogP) is 4.91. The summed E-state index contributed by atoms with van der Waals surface area (Å²) in [7, 11) is -2.16. The van der Waals surface area contributed by atoms with E-state index in [0.717, 1.165) is 6.16 Å². The standard InChI is InChI=1S/C25H23P/c1-5-13-22(14-6-1)21-26(23-15-7-2-8-16-23,24-17-9-3-10-18-24)25-19-11-4-12-20-25/h1-20,26H,21H2. The second kappa shape index (κ2) is 7.68. The molecule has 0 fully saturated rings. The van der Waals surface area contributed by atoms with Crippen LogP contribution in [0.2, 0.25) is 0 Å². The minimum absolute atomic E-state index is 1.06. The molecule has 26 heavy (non-hydrogen) atoms. The zero-order chi connectivity index (χ0) is 17.7. The number of benzene rings is 4. The van der Waals surface area contributed by atoms with Crippen LogP contribution in [0.15, 0.2) is 121 Å². The Labute approximate surface area is 156 Å². The molecular formula is C25H23P. The molecule has 4 rings (SSSR count). The van der Waals surface area contributed by atoms with Gasteiger partial charge in [-0.15, -0.1) is 0 Å². The van der Waals surface area contributed by atoms with Gasteiger partial charge in [0.05, 0.1) is 0 Å². The molecule has 0 atom stereocenters. The first-order chi connectivity index (χ1) is 12.9. The number of hydrogen-bond donors (Lipinski definition) is 0. The maximum atomic E-state index is 2.31.